The Morgan fingerprint density at radius 1 is 1.40 bits per heavy atom. The Kier molecular flexibility index (Phi) is 3.36. The van der Waals surface area contributed by atoms with Crippen LogP contribution in [0.4, 0.5) is 0 Å². The lowest BCUT2D eigenvalue weighted by atomic mass is 10.0. The van der Waals surface area contributed by atoms with E-state index in [1.54, 1.807) is 13.0 Å². The first-order chi connectivity index (χ1) is 6.99. The standard InChI is InChI=1S/C10H11NO3S/c1-5-6(10(13)14)3-4-7(15-2)8(5)9(11)12/h3-4H,1-2H3,(H2,11,12)(H,13,14). The summed E-state index contributed by atoms with van der Waals surface area (Å²) >= 11 is 1.36. The van der Waals surface area contributed by atoms with Gasteiger partial charge in [-0.2, -0.15) is 0 Å². The van der Waals surface area contributed by atoms with Crippen LogP contribution in [0.2, 0.25) is 0 Å². The minimum Gasteiger partial charge on any atom is -0.478 e. The van der Waals surface area contributed by atoms with Gasteiger partial charge in [0.25, 0.3) is 0 Å². The summed E-state index contributed by atoms with van der Waals surface area (Å²) in [5.74, 6) is -1.65. The van der Waals surface area contributed by atoms with Crippen molar-refractivity contribution in [2.45, 2.75) is 11.8 Å². The maximum atomic E-state index is 11.2. The van der Waals surface area contributed by atoms with Crippen molar-refractivity contribution in [3.63, 3.8) is 0 Å². The van der Waals surface area contributed by atoms with Crippen molar-refractivity contribution in [2.24, 2.45) is 5.73 Å². The minimum atomic E-state index is -1.05. The summed E-state index contributed by atoms with van der Waals surface area (Å²) in [6, 6.07) is 3.08. The van der Waals surface area contributed by atoms with Crippen LogP contribution in [0.5, 0.6) is 0 Å². The molecule has 0 saturated carbocycles. The van der Waals surface area contributed by atoms with Crippen LogP contribution in [0.25, 0.3) is 0 Å². The number of carboxylic acids is 1. The molecule has 0 saturated heterocycles. The van der Waals surface area contributed by atoms with Gasteiger partial charge < -0.3 is 10.8 Å². The maximum absolute atomic E-state index is 11.2. The van der Waals surface area contributed by atoms with E-state index in [1.807, 2.05) is 6.26 Å². The summed E-state index contributed by atoms with van der Waals surface area (Å²) in [5.41, 5.74) is 6.04. The number of aromatic carboxylic acids is 1. The molecule has 5 heteroatoms. The molecule has 0 bridgehead atoms. The van der Waals surface area contributed by atoms with E-state index in [-0.39, 0.29) is 5.56 Å². The molecule has 0 aliphatic rings. The fourth-order valence-corrected chi connectivity index (χ4v) is 2.06. The topological polar surface area (TPSA) is 80.4 Å². The summed E-state index contributed by atoms with van der Waals surface area (Å²) in [7, 11) is 0. The van der Waals surface area contributed by atoms with Crippen LogP contribution in [0.1, 0.15) is 26.3 Å². The van der Waals surface area contributed by atoms with Gasteiger partial charge in [-0.25, -0.2) is 4.79 Å². The van der Waals surface area contributed by atoms with E-state index in [0.29, 0.717) is 16.0 Å². The molecule has 0 aliphatic carbocycles. The summed E-state index contributed by atoms with van der Waals surface area (Å²) in [4.78, 5) is 22.7. The smallest absolute Gasteiger partial charge is 0.335 e. The number of hydrogen-bond acceptors (Lipinski definition) is 3. The third kappa shape index (κ3) is 2.12. The highest BCUT2D eigenvalue weighted by Crippen LogP contribution is 2.25. The molecule has 80 valence electrons. The lowest BCUT2D eigenvalue weighted by Gasteiger charge is -2.09. The van der Waals surface area contributed by atoms with Gasteiger partial charge in [0.15, 0.2) is 0 Å². The second-order valence-corrected chi connectivity index (χ2v) is 3.83. The number of carboxylic acid groups (broad SMARTS) is 1. The van der Waals surface area contributed by atoms with Crippen LogP contribution < -0.4 is 5.73 Å². The molecule has 0 atom stereocenters. The first-order valence-electron chi connectivity index (χ1n) is 4.19. The molecule has 0 aromatic heterocycles. The first-order valence-corrected chi connectivity index (χ1v) is 5.42. The Labute approximate surface area is 91.5 Å². The molecule has 1 amide bonds. The van der Waals surface area contributed by atoms with E-state index in [4.69, 9.17) is 10.8 Å². The normalized spacial score (nSPS) is 10.0. The molecule has 0 heterocycles. The second-order valence-electron chi connectivity index (χ2n) is 2.98. The molecule has 1 aromatic carbocycles. The highest BCUT2D eigenvalue weighted by Gasteiger charge is 2.17. The Morgan fingerprint density at radius 2 is 2.00 bits per heavy atom. The third-order valence-electron chi connectivity index (χ3n) is 2.12. The Morgan fingerprint density at radius 3 is 2.40 bits per heavy atom. The van der Waals surface area contributed by atoms with Gasteiger partial charge in [-0.3, -0.25) is 4.79 Å². The Hall–Kier alpha value is -1.49. The van der Waals surface area contributed by atoms with Crippen LogP contribution in [-0.2, 0) is 0 Å². The van der Waals surface area contributed by atoms with E-state index in [9.17, 15) is 9.59 Å². The molecular weight excluding hydrogens is 214 g/mol. The SMILES string of the molecule is CSc1ccc(C(=O)O)c(C)c1C(N)=O. The number of hydrogen-bond donors (Lipinski definition) is 2. The molecule has 1 rings (SSSR count). The van der Waals surface area contributed by atoms with E-state index in [2.05, 4.69) is 0 Å². The van der Waals surface area contributed by atoms with Crippen LogP contribution in [0, 0.1) is 6.92 Å². The maximum Gasteiger partial charge on any atom is 0.335 e. The largest absolute Gasteiger partial charge is 0.478 e. The lowest BCUT2D eigenvalue weighted by molar-refractivity contribution is 0.0696. The molecule has 4 nitrogen and oxygen atoms in total. The monoisotopic (exact) mass is 225 g/mol. The number of carbonyl (C=O) groups is 2. The number of rotatable bonds is 3. The van der Waals surface area contributed by atoms with Crippen molar-refractivity contribution in [3.05, 3.63) is 28.8 Å². The zero-order chi connectivity index (χ0) is 11.6. The molecule has 15 heavy (non-hydrogen) atoms. The van der Waals surface area contributed by atoms with Crippen molar-refractivity contribution in [1.82, 2.24) is 0 Å². The van der Waals surface area contributed by atoms with Crippen LogP contribution in [0.3, 0.4) is 0 Å². The first kappa shape index (κ1) is 11.6. The number of primary amides is 1. The quantitative estimate of drug-likeness (QED) is 0.764. The summed E-state index contributed by atoms with van der Waals surface area (Å²) < 4.78 is 0. The predicted octanol–water partition coefficient (Wildman–Crippen LogP) is 1.51. The molecule has 0 aliphatic heterocycles. The molecular formula is C10H11NO3S. The van der Waals surface area contributed by atoms with Gasteiger partial charge in [0.1, 0.15) is 0 Å². The van der Waals surface area contributed by atoms with E-state index in [1.165, 1.54) is 17.8 Å². The van der Waals surface area contributed by atoms with Crippen LogP contribution >= 0.6 is 11.8 Å². The summed E-state index contributed by atoms with van der Waals surface area (Å²) in [6.07, 6.45) is 1.81. The van der Waals surface area contributed by atoms with Crippen molar-refractivity contribution in [1.29, 1.82) is 0 Å². The van der Waals surface area contributed by atoms with E-state index >= 15 is 0 Å². The van der Waals surface area contributed by atoms with Gasteiger partial charge in [-0.1, -0.05) is 0 Å². The van der Waals surface area contributed by atoms with Crippen molar-refractivity contribution in [3.8, 4) is 0 Å². The fraction of sp³-hybridized carbons (Fsp3) is 0.200. The van der Waals surface area contributed by atoms with Crippen LogP contribution in [-0.4, -0.2) is 23.2 Å². The number of nitrogens with two attached hydrogens (primary N) is 1. The van der Waals surface area contributed by atoms with Gasteiger partial charge in [0, 0.05) is 4.90 Å². The zero-order valence-electron chi connectivity index (χ0n) is 8.40. The summed E-state index contributed by atoms with van der Waals surface area (Å²) in [5, 5.41) is 8.88. The average Bonchev–Trinajstić information content (AvgIpc) is 2.15. The van der Waals surface area contributed by atoms with E-state index < -0.39 is 11.9 Å². The Bertz CT molecular complexity index is 429. The lowest BCUT2D eigenvalue weighted by Crippen LogP contribution is -2.16. The van der Waals surface area contributed by atoms with Gasteiger partial charge in [0.05, 0.1) is 11.1 Å². The molecule has 0 unspecified atom stereocenters. The second kappa shape index (κ2) is 4.35. The van der Waals surface area contributed by atoms with Crippen LogP contribution in [0.15, 0.2) is 17.0 Å². The van der Waals surface area contributed by atoms with Crippen molar-refractivity contribution < 1.29 is 14.7 Å². The van der Waals surface area contributed by atoms with Gasteiger partial charge >= 0.3 is 5.97 Å². The van der Waals surface area contributed by atoms with Crippen molar-refractivity contribution >= 4 is 23.6 Å². The molecule has 0 radical (unpaired) electrons. The fourth-order valence-electron chi connectivity index (χ4n) is 1.39. The Balaban J connectivity index is 3.49. The minimum absolute atomic E-state index is 0.113. The molecule has 0 fully saturated rings. The van der Waals surface area contributed by atoms with E-state index in [0.717, 1.165) is 0 Å². The highest BCUT2D eigenvalue weighted by molar-refractivity contribution is 7.98. The zero-order valence-corrected chi connectivity index (χ0v) is 9.22. The number of amides is 1. The third-order valence-corrected chi connectivity index (χ3v) is 2.90. The van der Waals surface area contributed by atoms with Gasteiger partial charge in [-0.15, -0.1) is 11.8 Å². The predicted molar refractivity (Wildman–Crippen MR) is 58.4 cm³/mol. The summed E-state index contributed by atoms with van der Waals surface area (Å²) in [6.45, 7) is 1.59. The molecule has 0 spiro atoms. The number of benzene rings is 1. The number of carbonyl (C=O) groups excluding carboxylic acids is 1. The van der Waals surface area contributed by atoms with Gasteiger partial charge in [0.2, 0.25) is 5.91 Å². The van der Waals surface area contributed by atoms with Gasteiger partial charge in [-0.05, 0) is 30.9 Å². The average molecular weight is 225 g/mol. The number of thioether (sulfide) groups is 1. The molecule has 3 N–H and O–H groups in total. The highest BCUT2D eigenvalue weighted by atomic mass is 32.2. The molecule has 1 aromatic rings. The van der Waals surface area contributed by atoms with Crippen molar-refractivity contribution in [2.75, 3.05) is 6.26 Å².